The Morgan fingerprint density at radius 1 is 1.57 bits per heavy atom. The summed E-state index contributed by atoms with van der Waals surface area (Å²) in [4.78, 5) is 0. The summed E-state index contributed by atoms with van der Waals surface area (Å²) in [5.74, 6) is 1.02. The van der Waals surface area contributed by atoms with Crippen molar-refractivity contribution in [2.75, 3.05) is 12.9 Å². The number of hydrogen-bond donors (Lipinski definition) is 0. The van der Waals surface area contributed by atoms with Crippen LogP contribution in [-0.2, 0) is 10.7 Å². The molecule has 0 aliphatic carbocycles. The Hall–Kier alpha value is -0.800. The van der Waals surface area contributed by atoms with E-state index in [-0.39, 0.29) is 0 Å². The molecule has 76 valence electrons. The van der Waals surface area contributed by atoms with Crippen molar-refractivity contribution in [2.24, 2.45) is 0 Å². The van der Waals surface area contributed by atoms with Gasteiger partial charge in [-0.3, -0.25) is 0 Å². The van der Waals surface area contributed by atoms with Gasteiger partial charge in [0.1, 0.15) is 6.54 Å². The van der Waals surface area contributed by atoms with Crippen LogP contribution in [0.1, 0.15) is 12.1 Å². The number of hydrogen-bond acceptors (Lipinski definition) is 2. The van der Waals surface area contributed by atoms with Gasteiger partial charge in [-0.1, -0.05) is 6.58 Å². The Morgan fingerprint density at radius 2 is 2.43 bits per heavy atom. The van der Waals surface area contributed by atoms with Gasteiger partial charge in [0.2, 0.25) is 5.69 Å². The molecule has 0 N–H and O–H groups in total. The minimum Gasteiger partial charge on any atom is -0.319 e. The molecule has 1 aromatic heterocycles. The maximum Gasteiger partial charge on any atom is 0.204 e. The number of aryl methyl sites for hydroxylation is 1. The summed E-state index contributed by atoms with van der Waals surface area (Å²) in [7, 11) is 1.70. The van der Waals surface area contributed by atoms with Gasteiger partial charge in [0.05, 0.1) is 7.11 Å². The molecule has 0 aliphatic rings. The fourth-order valence-electron chi connectivity index (χ4n) is 1.26. The Bertz CT molecular complexity index is 288. The van der Waals surface area contributed by atoms with Crippen LogP contribution >= 0.6 is 12.0 Å². The van der Waals surface area contributed by atoms with Crippen LogP contribution in [0.25, 0.3) is 6.08 Å². The summed E-state index contributed by atoms with van der Waals surface area (Å²) in [6.07, 6.45) is 5.06. The van der Waals surface area contributed by atoms with Crippen LogP contribution in [0.4, 0.5) is 0 Å². The molecule has 0 aromatic carbocycles. The first kappa shape index (κ1) is 11.3. The quantitative estimate of drug-likeness (QED) is 0.406. The molecule has 0 atom stereocenters. The minimum atomic E-state index is 1.01. The zero-order valence-electron chi connectivity index (χ0n) is 8.48. The molecule has 0 saturated carbocycles. The zero-order chi connectivity index (χ0) is 10.2. The van der Waals surface area contributed by atoms with Gasteiger partial charge in [0.25, 0.3) is 0 Å². The van der Waals surface area contributed by atoms with Crippen molar-refractivity contribution in [3.05, 3.63) is 36.7 Å². The standard InChI is InChI=1S/C11H16NOS/c1-3-11-7-4-5-8-12(11)9-6-10-14-13-2/h3-5,7-8H,1,6,9-10H2,2H3/q+1. The van der Waals surface area contributed by atoms with Gasteiger partial charge in [-0.05, 0) is 18.1 Å². The van der Waals surface area contributed by atoms with Crippen molar-refractivity contribution in [2.45, 2.75) is 13.0 Å². The van der Waals surface area contributed by atoms with Gasteiger partial charge < -0.3 is 4.18 Å². The van der Waals surface area contributed by atoms with E-state index >= 15 is 0 Å². The first-order chi connectivity index (χ1) is 6.88. The maximum atomic E-state index is 4.92. The second kappa shape index (κ2) is 6.62. The number of nitrogens with zero attached hydrogens (tertiary/aromatic N) is 1. The van der Waals surface area contributed by atoms with E-state index in [1.807, 2.05) is 18.2 Å². The minimum absolute atomic E-state index is 1.01. The Morgan fingerprint density at radius 3 is 3.14 bits per heavy atom. The maximum absolute atomic E-state index is 4.92. The summed E-state index contributed by atoms with van der Waals surface area (Å²) in [5.41, 5.74) is 1.16. The molecule has 1 aromatic rings. The van der Waals surface area contributed by atoms with Gasteiger partial charge in [0.15, 0.2) is 6.20 Å². The molecule has 0 unspecified atom stereocenters. The fraction of sp³-hybridized carbons (Fsp3) is 0.364. The van der Waals surface area contributed by atoms with Crippen molar-refractivity contribution in [3.63, 3.8) is 0 Å². The number of rotatable bonds is 6. The molecule has 0 spiro atoms. The number of pyridine rings is 1. The second-order valence-corrected chi connectivity index (χ2v) is 3.84. The van der Waals surface area contributed by atoms with E-state index < -0.39 is 0 Å². The third-order valence-electron chi connectivity index (χ3n) is 1.93. The smallest absolute Gasteiger partial charge is 0.204 e. The summed E-state index contributed by atoms with van der Waals surface area (Å²) in [5, 5.41) is 0. The van der Waals surface area contributed by atoms with Gasteiger partial charge >= 0.3 is 0 Å². The Labute approximate surface area is 89.8 Å². The van der Waals surface area contributed by atoms with Crippen LogP contribution < -0.4 is 4.57 Å². The highest BCUT2D eigenvalue weighted by Gasteiger charge is 2.04. The molecule has 14 heavy (non-hydrogen) atoms. The highest BCUT2D eigenvalue weighted by atomic mass is 32.2. The van der Waals surface area contributed by atoms with Gasteiger partial charge in [0, 0.05) is 30.4 Å². The zero-order valence-corrected chi connectivity index (χ0v) is 9.30. The predicted molar refractivity (Wildman–Crippen MR) is 60.8 cm³/mol. The third kappa shape index (κ3) is 3.52. The van der Waals surface area contributed by atoms with Gasteiger partial charge in [-0.15, -0.1) is 0 Å². The second-order valence-electron chi connectivity index (χ2n) is 2.87. The molecule has 1 heterocycles. The average Bonchev–Trinajstić information content (AvgIpc) is 2.25. The molecule has 3 heteroatoms. The van der Waals surface area contributed by atoms with Crippen molar-refractivity contribution in [1.29, 1.82) is 0 Å². The Kier molecular flexibility index (Phi) is 5.33. The lowest BCUT2D eigenvalue weighted by atomic mass is 10.3. The number of aromatic nitrogens is 1. The summed E-state index contributed by atoms with van der Waals surface area (Å²) in [6.45, 7) is 4.80. The van der Waals surface area contributed by atoms with Crippen molar-refractivity contribution < 1.29 is 8.75 Å². The van der Waals surface area contributed by atoms with E-state index in [4.69, 9.17) is 4.18 Å². The van der Waals surface area contributed by atoms with Crippen molar-refractivity contribution in [1.82, 2.24) is 0 Å². The molecule has 0 bridgehead atoms. The average molecular weight is 210 g/mol. The first-order valence-electron chi connectivity index (χ1n) is 4.65. The topological polar surface area (TPSA) is 13.1 Å². The molecule has 0 amide bonds. The van der Waals surface area contributed by atoms with Crippen molar-refractivity contribution >= 4 is 18.1 Å². The molecule has 0 saturated heterocycles. The van der Waals surface area contributed by atoms with Crippen LogP contribution in [0.5, 0.6) is 0 Å². The Balaban J connectivity index is 2.45. The molecule has 1 rings (SSSR count). The van der Waals surface area contributed by atoms with Gasteiger partial charge in [-0.25, -0.2) is 0 Å². The normalized spacial score (nSPS) is 10.1. The summed E-state index contributed by atoms with van der Waals surface area (Å²) in [6, 6.07) is 6.13. The lowest BCUT2D eigenvalue weighted by molar-refractivity contribution is -0.698. The lowest BCUT2D eigenvalue weighted by Gasteiger charge is -1.99. The summed E-state index contributed by atoms with van der Waals surface area (Å²) < 4.78 is 7.12. The van der Waals surface area contributed by atoms with E-state index in [0.29, 0.717) is 0 Å². The largest absolute Gasteiger partial charge is 0.319 e. The van der Waals surface area contributed by atoms with E-state index in [9.17, 15) is 0 Å². The predicted octanol–water partition coefficient (Wildman–Crippen LogP) is 2.30. The van der Waals surface area contributed by atoms with E-state index in [0.717, 1.165) is 24.4 Å². The lowest BCUT2D eigenvalue weighted by Crippen LogP contribution is -2.36. The van der Waals surface area contributed by atoms with Crippen LogP contribution in [0.15, 0.2) is 31.0 Å². The van der Waals surface area contributed by atoms with Gasteiger partial charge in [-0.2, -0.15) is 4.57 Å². The summed E-state index contributed by atoms with van der Waals surface area (Å²) >= 11 is 1.50. The third-order valence-corrected chi connectivity index (χ3v) is 2.62. The SMILES string of the molecule is C=Cc1cccc[n+]1CCCSOC. The molecule has 0 fully saturated rings. The molecule has 0 aliphatic heterocycles. The van der Waals surface area contributed by atoms with Crippen LogP contribution in [0.3, 0.4) is 0 Å². The molecule has 0 radical (unpaired) electrons. The van der Waals surface area contributed by atoms with Crippen LogP contribution in [0.2, 0.25) is 0 Å². The van der Waals surface area contributed by atoms with Crippen LogP contribution in [0, 0.1) is 0 Å². The van der Waals surface area contributed by atoms with E-state index in [1.165, 1.54) is 12.0 Å². The van der Waals surface area contributed by atoms with Crippen molar-refractivity contribution in [3.8, 4) is 0 Å². The molecular weight excluding hydrogens is 194 g/mol. The molecular formula is C11H16NOS+. The van der Waals surface area contributed by atoms with E-state index in [2.05, 4.69) is 23.4 Å². The highest BCUT2D eigenvalue weighted by molar-refractivity contribution is 7.94. The van der Waals surface area contributed by atoms with E-state index in [1.54, 1.807) is 7.11 Å². The monoisotopic (exact) mass is 210 g/mol. The molecule has 2 nitrogen and oxygen atoms in total. The fourth-order valence-corrected chi connectivity index (χ4v) is 1.67. The highest BCUT2D eigenvalue weighted by Crippen LogP contribution is 2.02. The first-order valence-corrected chi connectivity index (χ1v) is 5.56. The van der Waals surface area contributed by atoms with Crippen LogP contribution in [-0.4, -0.2) is 12.9 Å².